The smallest absolute Gasteiger partial charge is 0.317 e. The van der Waals surface area contributed by atoms with Crippen molar-refractivity contribution in [3.8, 4) is 11.4 Å². The number of hydrogen-bond donors (Lipinski definition) is 1. The van der Waals surface area contributed by atoms with Gasteiger partial charge in [0.1, 0.15) is 6.54 Å². The number of benzene rings is 1. The first-order valence-electron chi connectivity index (χ1n) is 6.75. The molecule has 0 bridgehead atoms. The summed E-state index contributed by atoms with van der Waals surface area (Å²) in [7, 11) is 0. The van der Waals surface area contributed by atoms with Crippen LogP contribution in [0.1, 0.15) is 19.7 Å². The van der Waals surface area contributed by atoms with Gasteiger partial charge in [0.25, 0.3) is 0 Å². The third-order valence-corrected chi connectivity index (χ3v) is 3.15. The van der Waals surface area contributed by atoms with Gasteiger partial charge in [-0.15, -0.1) is 0 Å². The van der Waals surface area contributed by atoms with E-state index >= 15 is 0 Å². The zero-order chi connectivity index (χ0) is 15.2. The van der Waals surface area contributed by atoms with Crippen molar-refractivity contribution in [1.82, 2.24) is 20.4 Å². The number of carbonyl (C=O) groups is 1. The zero-order valence-corrected chi connectivity index (χ0v) is 12.7. The zero-order valence-electron chi connectivity index (χ0n) is 12.0. The van der Waals surface area contributed by atoms with Crippen molar-refractivity contribution in [1.29, 1.82) is 0 Å². The fourth-order valence-corrected chi connectivity index (χ4v) is 1.91. The second-order valence-electron chi connectivity index (χ2n) is 4.37. The molecule has 0 aliphatic rings. The van der Waals surface area contributed by atoms with E-state index in [-0.39, 0.29) is 12.6 Å². The third kappa shape index (κ3) is 3.95. The van der Waals surface area contributed by atoms with Gasteiger partial charge < -0.3 is 14.7 Å². The summed E-state index contributed by atoms with van der Waals surface area (Å²) in [6.07, 6.45) is 0. The number of hydrogen-bond acceptors (Lipinski definition) is 4. The summed E-state index contributed by atoms with van der Waals surface area (Å²) in [5.74, 6) is 0.877. The number of halogens is 1. The van der Waals surface area contributed by atoms with E-state index in [1.165, 1.54) is 0 Å². The first-order valence-corrected chi connectivity index (χ1v) is 7.13. The normalized spacial score (nSPS) is 10.4. The fourth-order valence-electron chi connectivity index (χ4n) is 1.79. The molecule has 1 heterocycles. The Labute approximate surface area is 128 Å². The molecule has 112 valence electrons. The molecule has 7 heteroatoms. The van der Waals surface area contributed by atoms with Crippen LogP contribution in [0.15, 0.2) is 28.8 Å². The van der Waals surface area contributed by atoms with Crippen molar-refractivity contribution in [2.24, 2.45) is 0 Å². The third-order valence-electron chi connectivity index (χ3n) is 2.89. The highest BCUT2D eigenvalue weighted by Gasteiger charge is 2.16. The average Bonchev–Trinajstić information content (AvgIpc) is 2.94. The van der Waals surface area contributed by atoms with E-state index in [4.69, 9.17) is 16.1 Å². The highest BCUT2D eigenvalue weighted by atomic mass is 35.5. The van der Waals surface area contributed by atoms with Gasteiger partial charge in [-0.25, -0.2) is 4.79 Å². The van der Waals surface area contributed by atoms with Crippen LogP contribution in [-0.4, -0.2) is 34.2 Å². The van der Waals surface area contributed by atoms with Gasteiger partial charge in [0.15, 0.2) is 0 Å². The van der Waals surface area contributed by atoms with Gasteiger partial charge in [-0.1, -0.05) is 16.8 Å². The van der Waals surface area contributed by atoms with Crippen LogP contribution in [0.3, 0.4) is 0 Å². The Kier molecular flexibility index (Phi) is 5.16. The Morgan fingerprint density at radius 3 is 2.67 bits per heavy atom. The minimum Gasteiger partial charge on any atom is -0.338 e. The van der Waals surface area contributed by atoms with Crippen LogP contribution >= 0.6 is 11.6 Å². The second-order valence-corrected chi connectivity index (χ2v) is 4.80. The molecular formula is C14H17ClN4O2. The molecule has 21 heavy (non-hydrogen) atoms. The Bertz CT molecular complexity index is 597. The lowest BCUT2D eigenvalue weighted by atomic mass is 10.2. The fraction of sp³-hybridized carbons (Fsp3) is 0.357. The number of urea groups is 1. The predicted molar refractivity (Wildman–Crippen MR) is 79.9 cm³/mol. The van der Waals surface area contributed by atoms with Crippen LogP contribution in [0, 0.1) is 0 Å². The maximum absolute atomic E-state index is 11.8. The molecule has 1 aromatic carbocycles. The molecule has 0 saturated heterocycles. The molecule has 1 aromatic heterocycles. The Morgan fingerprint density at radius 1 is 1.33 bits per heavy atom. The van der Waals surface area contributed by atoms with E-state index < -0.39 is 0 Å². The van der Waals surface area contributed by atoms with E-state index in [0.29, 0.717) is 29.8 Å². The molecule has 0 radical (unpaired) electrons. The molecule has 2 aromatic rings. The van der Waals surface area contributed by atoms with Crippen molar-refractivity contribution in [2.45, 2.75) is 20.4 Å². The predicted octanol–water partition coefficient (Wildman–Crippen LogP) is 2.94. The molecular weight excluding hydrogens is 292 g/mol. The average molecular weight is 309 g/mol. The quantitative estimate of drug-likeness (QED) is 0.922. The Morgan fingerprint density at radius 2 is 2.05 bits per heavy atom. The molecule has 0 atom stereocenters. The molecule has 0 aliphatic heterocycles. The van der Waals surface area contributed by atoms with Gasteiger partial charge in [-0.05, 0) is 38.1 Å². The lowest BCUT2D eigenvalue weighted by molar-refractivity contribution is 0.190. The molecule has 0 fully saturated rings. The van der Waals surface area contributed by atoms with Gasteiger partial charge in [0.05, 0.1) is 0 Å². The number of nitrogens with one attached hydrogen (secondary N) is 1. The molecule has 2 amide bonds. The highest BCUT2D eigenvalue weighted by molar-refractivity contribution is 6.30. The van der Waals surface area contributed by atoms with Gasteiger partial charge in [-0.2, -0.15) is 4.98 Å². The summed E-state index contributed by atoms with van der Waals surface area (Å²) in [4.78, 5) is 17.7. The van der Waals surface area contributed by atoms with E-state index in [9.17, 15) is 4.79 Å². The maximum atomic E-state index is 11.8. The van der Waals surface area contributed by atoms with Gasteiger partial charge >= 0.3 is 6.03 Å². The lowest BCUT2D eigenvalue weighted by Gasteiger charge is -2.18. The topological polar surface area (TPSA) is 71.3 Å². The summed E-state index contributed by atoms with van der Waals surface area (Å²) in [6.45, 7) is 5.19. The molecule has 1 N–H and O–H groups in total. The number of rotatable bonds is 5. The second kappa shape index (κ2) is 7.08. The Hall–Kier alpha value is -2.08. The van der Waals surface area contributed by atoms with E-state index in [2.05, 4.69) is 15.5 Å². The van der Waals surface area contributed by atoms with Gasteiger partial charge in [0, 0.05) is 23.7 Å². The summed E-state index contributed by atoms with van der Waals surface area (Å²) in [6, 6.07) is 7.02. The van der Waals surface area contributed by atoms with Crippen LogP contribution in [0.25, 0.3) is 11.4 Å². The maximum Gasteiger partial charge on any atom is 0.317 e. The first kappa shape index (κ1) is 15.3. The Balaban J connectivity index is 2.08. The van der Waals surface area contributed by atoms with Crippen LogP contribution in [0.4, 0.5) is 4.79 Å². The number of aromatic nitrogens is 2. The number of amides is 2. The molecule has 0 saturated carbocycles. The van der Waals surface area contributed by atoms with Gasteiger partial charge in [-0.3, -0.25) is 0 Å². The lowest BCUT2D eigenvalue weighted by Crippen LogP contribution is -2.39. The molecule has 0 spiro atoms. The summed E-state index contributed by atoms with van der Waals surface area (Å²) in [5, 5.41) is 7.31. The number of carbonyl (C=O) groups excluding carboxylic acids is 1. The van der Waals surface area contributed by atoms with Crippen LogP contribution in [-0.2, 0) is 6.54 Å². The standard InChI is InChI=1S/C14H17ClN4O2/c1-3-16-14(20)19(4-2)9-12-17-13(18-21-12)10-5-7-11(15)8-6-10/h5-8H,3-4,9H2,1-2H3,(H,16,20). The minimum absolute atomic E-state index is 0.147. The van der Waals surface area contributed by atoms with Crippen molar-refractivity contribution in [3.05, 3.63) is 35.2 Å². The minimum atomic E-state index is -0.147. The van der Waals surface area contributed by atoms with Crippen LogP contribution in [0.2, 0.25) is 5.02 Å². The monoisotopic (exact) mass is 308 g/mol. The first-order chi connectivity index (χ1) is 10.1. The van der Waals surface area contributed by atoms with E-state index in [1.54, 1.807) is 17.0 Å². The van der Waals surface area contributed by atoms with Crippen LogP contribution < -0.4 is 5.32 Å². The van der Waals surface area contributed by atoms with Gasteiger partial charge in [0.2, 0.25) is 11.7 Å². The highest BCUT2D eigenvalue weighted by Crippen LogP contribution is 2.19. The van der Waals surface area contributed by atoms with E-state index in [0.717, 1.165) is 5.56 Å². The van der Waals surface area contributed by atoms with Crippen molar-refractivity contribution in [2.75, 3.05) is 13.1 Å². The molecule has 0 unspecified atom stereocenters. The van der Waals surface area contributed by atoms with Crippen LogP contribution in [0.5, 0.6) is 0 Å². The number of nitrogens with zero attached hydrogens (tertiary/aromatic N) is 3. The largest absolute Gasteiger partial charge is 0.338 e. The molecule has 6 nitrogen and oxygen atoms in total. The van der Waals surface area contributed by atoms with Crippen molar-refractivity contribution >= 4 is 17.6 Å². The van der Waals surface area contributed by atoms with E-state index in [1.807, 2.05) is 26.0 Å². The molecule has 0 aliphatic carbocycles. The summed E-state index contributed by atoms with van der Waals surface area (Å²) < 4.78 is 5.19. The van der Waals surface area contributed by atoms with Crippen molar-refractivity contribution in [3.63, 3.8) is 0 Å². The summed E-state index contributed by atoms with van der Waals surface area (Å²) in [5.41, 5.74) is 0.815. The van der Waals surface area contributed by atoms with Crippen molar-refractivity contribution < 1.29 is 9.32 Å². The summed E-state index contributed by atoms with van der Waals surface area (Å²) >= 11 is 5.84. The molecule has 2 rings (SSSR count). The SMILES string of the molecule is CCNC(=O)N(CC)Cc1nc(-c2ccc(Cl)cc2)no1.